The van der Waals surface area contributed by atoms with Gasteiger partial charge in [0.15, 0.2) is 0 Å². The monoisotopic (exact) mass is 350 g/mol. The van der Waals surface area contributed by atoms with Crippen molar-refractivity contribution in [1.82, 2.24) is 10.0 Å². The molecule has 0 fully saturated rings. The molecule has 0 saturated carbocycles. The molecule has 2 aromatic rings. The van der Waals surface area contributed by atoms with Crippen LogP contribution >= 0.6 is 0 Å². The zero-order valence-corrected chi connectivity index (χ0v) is 14.8. The highest BCUT2D eigenvalue weighted by Crippen LogP contribution is 2.21. The molecule has 1 amide bonds. The number of carbonyl (C=O) groups is 1. The van der Waals surface area contributed by atoms with Gasteiger partial charge < -0.3 is 9.73 Å². The van der Waals surface area contributed by atoms with Crippen molar-refractivity contribution in [3.05, 3.63) is 54.0 Å². The highest BCUT2D eigenvalue weighted by atomic mass is 32.2. The van der Waals surface area contributed by atoms with Crippen molar-refractivity contribution in [3.8, 4) is 0 Å². The number of hydrogen-bond acceptors (Lipinski definition) is 4. The van der Waals surface area contributed by atoms with E-state index in [4.69, 9.17) is 4.42 Å². The Hall–Kier alpha value is -2.12. The van der Waals surface area contributed by atoms with Gasteiger partial charge in [-0.25, -0.2) is 8.42 Å². The van der Waals surface area contributed by atoms with Crippen molar-refractivity contribution >= 4 is 15.9 Å². The van der Waals surface area contributed by atoms with Crippen molar-refractivity contribution in [2.45, 2.75) is 44.2 Å². The summed E-state index contributed by atoms with van der Waals surface area (Å²) >= 11 is 0. The van der Waals surface area contributed by atoms with E-state index in [1.165, 1.54) is 18.4 Å². The molecule has 0 unspecified atom stereocenters. The maximum atomic E-state index is 12.6. The summed E-state index contributed by atoms with van der Waals surface area (Å²) < 4.78 is 33.0. The van der Waals surface area contributed by atoms with Gasteiger partial charge >= 0.3 is 0 Å². The zero-order valence-electron chi connectivity index (χ0n) is 13.9. The first-order chi connectivity index (χ1) is 11.3. The normalized spacial score (nSPS) is 13.0. The molecule has 1 aromatic carbocycles. The summed E-state index contributed by atoms with van der Waals surface area (Å²) in [5.74, 6) is 0.141. The van der Waals surface area contributed by atoms with E-state index in [-0.39, 0.29) is 23.3 Å². The van der Waals surface area contributed by atoms with E-state index < -0.39 is 16.1 Å². The Morgan fingerprint density at radius 2 is 1.83 bits per heavy atom. The standard InChI is InChI=1S/C17H22N2O4S/c1-12(2)18-17(20)11-15(16-5-4-10-23-16)19-24(21,22)14-8-6-13(3)7-9-14/h4-10,12,15,19H,11H2,1-3H3,(H,18,20)/t15-/m0/s1. The molecule has 0 radical (unpaired) electrons. The van der Waals surface area contributed by atoms with Crippen LogP contribution in [0.3, 0.4) is 0 Å². The predicted octanol–water partition coefficient (Wildman–Crippen LogP) is 2.52. The number of sulfonamides is 1. The molecule has 1 heterocycles. The molecule has 1 atom stereocenters. The Bertz CT molecular complexity index is 765. The zero-order chi connectivity index (χ0) is 17.7. The predicted molar refractivity (Wildman–Crippen MR) is 90.8 cm³/mol. The lowest BCUT2D eigenvalue weighted by Gasteiger charge is -2.17. The van der Waals surface area contributed by atoms with Gasteiger partial charge in [-0.15, -0.1) is 0 Å². The van der Waals surface area contributed by atoms with Crippen LogP contribution in [0, 0.1) is 6.92 Å². The third-order valence-corrected chi connectivity index (χ3v) is 4.84. The van der Waals surface area contributed by atoms with Gasteiger partial charge in [0.05, 0.1) is 23.6 Å². The van der Waals surface area contributed by atoms with E-state index >= 15 is 0 Å². The highest BCUT2D eigenvalue weighted by molar-refractivity contribution is 7.89. The van der Waals surface area contributed by atoms with Gasteiger partial charge in [0.1, 0.15) is 5.76 Å². The third-order valence-electron chi connectivity index (χ3n) is 3.35. The fourth-order valence-corrected chi connectivity index (χ4v) is 3.43. The van der Waals surface area contributed by atoms with Gasteiger partial charge in [-0.05, 0) is 45.0 Å². The molecule has 0 saturated heterocycles. The van der Waals surface area contributed by atoms with Crippen LogP contribution in [0.1, 0.15) is 37.6 Å². The van der Waals surface area contributed by atoms with E-state index in [9.17, 15) is 13.2 Å². The number of aryl methyl sites for hydroxylation is 1. The van der Waals surface area contributed by atoms with Gasteiger partial charge in [-0.1, -0.05) is 17.7 Å². The maximum Gasteiger partial charge on any atom is 0.241 e. The van der Waals surface area contributed by atoms with Crippen LogP contribution in [0.15, 0.2) is 52.0 Å². The molecule has 6 nitrogen and oxygen atoms in total. The summed E-state index contributed by atoms with van der Waals surface area (Å²) in [5, 5.41) is 2.75. The van der Waals surface area contributed by atoms with Gasteiger partial charge in [-0.3, -0.25) is 4.79 Å². The second kappa shape index (κ2) is 7.63. The molecule has 7 heteroatoms. The molecule has 24 heavy (non-hydrogen) atoms. The number of hydrogen-bond donors (Lipinski definition) is 2. The Labute approximate surface area is 142 Å². The number of benzene rings is 1. The Morgan fingerprint density at radius 1 is 1.17 bits per heavy atom. The number of carbonyl (C=O) groups excluding carboxylic acids is 1. The first-order valence-corrected chi connectivity index (χ1v) is 9.18. The second-order valence-corrected chi connectivity index (χ2v) is 7.64. The van der Waals surface area contributed by atoms with Gasteiger partial charge in [0.25, 0.3) is 0 Å². The van der Waals surface area contributed by atoms with Gasteiger partial charge in [-0.2, -0.15) is 4.72 Å². The quantitative estimate of drug-likeness (QED) is 0.803. The summed E-state index contributed by atoms with van der Waals surface area (Å²) in [6.07, 6.45) is 1.40. The van der Waals surface area contributed by atoms with Crippen LogP contribution in [0.2, 0.25) is 0 Å². The molecular weight excluding hydrogens is 328 g/mol. The lowest BCUT2D eigenvalue weighted by molar-refractivity contribution is -0.122. The minimum absolute atomic E-state index is 0.0246. The summed E-state index contributed by atoms with van der Waals surface area (Å²) in [5.41, 5.74) is 0.966. The second-order valence-electron chi connectivity index (χ2n) is 5.93. The maximum absolute atomic E-state index is 12.6. The first-order valence-electron chi connectivity index (χ1n) is 7.69. The Kier molecular flexibility index (Phi) is 5.80. The molecule has 0 spiro atoms. The summed E-state index contributed by atoms with van der Waals surface area (Å²) in [6, 6.07) is 9.02. The topological polar surface area (TPSA) is 88.4 Å². The van der Waals surface area contributed by atoms with Crippen LogP contribution in [-0.2, 0) is 14.8 Å². The smallest absolute Gasteiger partial charge is 0.241 e. The number of nitrogens with one attached hydrogen (secondary N) is 2. The van der Waals surface area contributed by atoms with E-state index in [2.05, 4.69) is 10.0 Å². The molecule has 2 rings (SSSR count). The highest BCUT2D eigenvalue weighted by Gasteiger charge is 2.25. The van der Waals surface area contributed by atoms with Crippen LogP contribution in [0.25, 0.3) is 0 Å². The Balaban J connectivity index is 2.21. The minimum Gasteiger partial charge on any atom is -0.468 e. The van der Waals surface area contributed by atoms with E-state index in [0.29, 0.717) is 5.76 Å². The SMILES string of the molecule is Cc1ccc(S(=O)(=O)N[C@@H](CC(=O)NC(C)C)c2ccco2)cc1. The molecule has 0 bridgehead atoms. The summed E-state index contributed by atoms with van der Waals surface area (Å²) in [4.78, 5) is 12.2. The lowest BCUT2D eigenvalue weighted by Crippen LogP contribution is -2.36. The van der Waals surface area contributed by atoms with Crippen LogP contribution in [0.5, 0.6) is 0 Å². The molecule has 2 N–H and O–H groups in total. The fourth-order valence-electron chi connectivity index (χ4n) is 2.23. The lowest BCUT2D eigenvalue weighted by atomic mass is 10.1. The van der Waals surface area contributed by atoms with Crippen molar-refractivity contribution in [2.75, 3.05) is 0 Å². The van der Waals surface area contributed by atoms with Crippen molar-refractivity contribution in [2.24, 2.45) is 0 Å². The largest absolute Gasteiger partial charge is 0.468 e. The molecule has 130 valence electrons. The van der Waals surface area contributed by atoms with E-state index in [0.717, 1.165) is 5.56 Å². The average molecular weight is 350 g/mol. The van der Waals surface area contributed by atoms with Crippen molar-refractivity contribution in [3.63, 3.8) is 0 Å². The molecular formula is C17H22N2O4S. The van der Waals surface area contributed by atoms with Crippen LogP contribution in [0.4, 0.5) is 0 Å². The van der Waals surface area contributed by atoms with Crippen molar-refractivity contribution < 1.29 is 17.6 Å². The molecule has 0 aliphatic heterocycles. The molecule has 0 aliphatic rings. The molecule has 1 aromatic heterocycles. The third kappa shape index (κ3) is 4.94. The van der Waals surface area contributed by atoms with Crippen LogP contribution in [-0.4, -0.2) is 20.4 Å². The molecule has 0 aliphatic carbocycles. The van der Waals surface area contributed by atoms with E-state index in [1.54, 1.807) is 24.3 Å². The number of rotatable bonds is 7. The number of furan rings is 1. The van der Waals surface area contributed by atoms with Crippen LogP contribution < -0.4 is 10.0 Å². The Morgan fingerprint density at radius 3 is 2.38 bits per heavy atom. The fraction of sp³-hybridized carbons (Fsp3) is 0.353. The van der Waals surface area contributed by atoms with Gasteiger partial charge in [0, 0.05) is 6.04 Å². The van der Waals surface area contributed by atoms with E-state index in [1.807, 2.05) is 20.8 Å². The number of amides is 1. The average Bonchev–Trinajstić information content (AvgIpc) is 3.00. The minimum atomic E-state index is -3.77. The van der Waals surface area contributed by atoms with Crippen molar-refractivity contribution in [1.29, 1.82) is 0 Å². The summed E-state index contributed by atoms with van der Waals surface area (Å²) in [7, 11) is -3.77. The summed E-state index contributed by atoms with van der Waals surface area (Å²) in [6.45, 7) is 5.57. The van der Waals surface area contributed by atoms with Gasteiger partial charge in [0.2, 0.25) is 15.9 Å². The first kappa shape index (κ1) is 18.2.